The maximum absolute atomic E-state index is 13.6. The van der Waals surface area contributed by atoms with Crippen molar-refractivity contribution in [1.82, 2.24) is 4.90 Å². The third-order valence-electron chi connectivity index (χ3n) is 6.13. The predicted molar refractivity (Wildman–Crippen MR) is 130 cm³/mol. The molecule has 1 aliphatic heterocycles. The summed E-state index contributed by atoms with van der Waals surface area (Å²) >= 11 is 0. The number of rotatable bonds is 6. The molecule has 0 N–H and O–H groups in total. The number of carbonyl (C=O) groups is 1. The molecule has 1 aliphatic rings. The first-order valence-corrected chi connectivity index (χ1v) is 11.2. The predicted octanol–water partition coefficient (Wildman–Crippen LogP) is 5.45. The van der Waals surface area contributed by atoms with E-state index in [-0.39, 0.29) is 11.9 Å². The van der Waals surface area contributed by atoms with Gasteiger partial charge in [-0.15, -0.1) is 0 Å². The van der Waals surface area contributed by atoms with Crippen molar-refractivity contribution in [3.05, 3.63) is 88.0 Å². The summed E-state index contributed by atoms with van der Waals surface area (Å²) in [5.41, 5.74) is 6.23. The number of hydrogen-bond donors (Lipinski definition) is 0. The van der Waals surface area contributed by atoms with E-state index < -0.39 is 0 Å². The Labute approximate surface area is 195 Å². The fourth-order valence-corrected chi connectivity index (χ4v) is 4.59. The first-order chi connectivity index (χ1) is 15.9. The van der Waals surface area contributed by atoms with Gasteiger partial charge in [0.15, 0.2) is 11.5 Å². The Hall–Kier alpha value is -3.47. The number of benzene rings is 3. The van der Waals surface area contributed by atoms with Gasteiger partial charge in [0.2, 0.25) is 0 Å². The summed E-state index contributed by atoms with van der Waals surface area (Å²) in [5, 5.41) is 0. The zero-order chi connectivity index (χ0) is 23.5. The maximum Gasteiger partial charge on any atom is 0.254 e. The number of fused-ring (bicyclic) bond motifs is 1. The van der Waals surface area contributed by atoms with Gasteiger partial charge >= 0.3 is 0 Å². The third kappa shape index (κ3) is 4.82. The van der Waals surface area contributed by atoms with Crippen LogP contribution in [0.4, 0.5) is 0 Å². The molecule has 0 aliphatic carbocycles. The van der Waals surface area contributed by atoms with Gasteiger partial charge in [-0.25, -0.2) is 0 Å². The van der Waals surface area contributed by atoms with Gasteiger partial charge < -0.3 is 19.1 Å². The number of methoxy groups -OCH3 is 2. The van der Waals surface area contributed by atoms with Crippen molar-refractivity contribution < 1.29 is 19.0 Å². The lowest BCUT2D eigenvalue weighted by molar-refractivity contribution is 0.0589. The fraction of sp³-hybridized carbons (Fsp3) is 0.321. The molecule has 0 bridgehead atoms. The molecule has 0 saturated heterocycles. The van der Waals surface area contributed by atoms with Gasteiger partial charge in [0, 0.05) is 12.1 Å². The lowest BCUT2D eigenvalue weighted by atomic mass is 9.91. The van der Waals surface area contributed by atoms with Crippen LogP contribution in [0.5, 0.6) is 17.2 Å². The van der Waals surface area contributed by atoms with Gasteiger partial charge in [0.1, 0.15) is 12.4 Å². The van der Waals surface area contributed by atoms with E-state index in [0.29, 0.717) is 30.2 Å². The zero-order valence-corrected chi connectivity index (χ0v) is 20.0. The molecule has 5 heteroatoms. The number of aryl methyl sites for hydroxylation is 3. The Kier molecular flexibility index (Phi) is 6.59. The molecule has 1 atom stereocenters. The van der Waals surface area contributed by atoms with Crippen LogP contribution in [0.25, 0.3) is 0 Å². The van der Waals surface area contributed by atoms with Gasteiger partial charge in [-0.2, -0.15) is 0 Å². The van der Waals surface area contributed by atoms with E-state index in [0.717, 1.165) is 40.0 Å². The molecule has 1 unspecified atom stereocenters. The SMILES string of the molecule is COc1cc2c(cc1OC)C(COc1cc(C)cc(C)c1)N(C(=O)c1cccc(C)c1)CC2. The van der Waals surface area contributed by atoms with Crippen LogP contribution in [0.3, 0.4) is 0 Å². The second-order valence-corrected chi connectivity index (χ2v) is 8.67. The number of ether oxygens (including phenoxy) is 3. The normalized spacial score (nSPS) is 15.1. The van der Waals surface area contributed by atoms with Crippen LogP contribution >= 0.6 is 0 Å². The lowest BCUT2D eigenvalue weighted by Gasteiger charge is -2.37. The van der Waals surface area contributed by atoms with E-state index >= 15 is 0 Å². The Morgan fingerprint density at radius 1 is 0.909 bits per heavy atom. The van der Waals surface area contributed by atoms with Crippen molar-refractivity contribution in [2.75, 3.05) is 27.4 Å². The Balaban J connectivity index is 1.72. The molecular formula is C28H31NO4. The van der Waals surface area contributed by atoms with Crippen LogP contribution in [0.15, 0.2) is 54.6 Å². The second kappa shape index (κ2) is 9.57. The average Bonchev–Trinajstić information content (AvgIpc) is 2.80. The zero-order valence-electron chi connectivity index (χ0n) is 20.0. The van der Waals surface area contributed by atoms with Crippen LogP contribution in [-0.4, -0.2) is 38.2 Å². The smallest absolute Gasteiger partial charge is 0.254 e. The van der Waals surface area contributed by atoms with E-state index in [4.69, 9.17) is 14.2 Å². The van der Waals surface area contributed by atoms with E-state index in [2.05, 4.69) is 19.9 Å². The number of carbonyl (C=O) groups excluding carboxylic acids is 1. The van der Waals surface area contributed by atoms with Crippen molar-refractivity contribution in [3.63, 3.8) is 0 Å². The summed E-state index contributed by atoms with van der Waals surface area (Å²) in [6.07, 6.45) is 0.743. The number of amides is 1. The molecule has 172 valence electrons. The fourth-order valence-electron chi connectivity index (χ4n) is 4.59. The average molecular weight is 446 g/mol. The largest absolute Gasteiger partial charge is 0.493 e. The Morgan fingerprint density at radius 3 is 2.27 bits per heavy atom. The minimum atomic E-state index is -0.248. The van der Waals surface area contributed by atoms with Gasteiger partial charge in [-0.1, -0.05) is 23.8 Å². The quantitative estimate of drug-likeness (QED) is 0.506. The first-order valence-electron chi connectivity index (χ1n) is 11.2. The third-order valence-corrected chi connectivity index (χ3v) is 6.13. The summed E-state index contributed by atoms with van der Waals surface area (Å²) in [5.74, 6) is 2.16. The monoisotopic (exact) mass is 445 g/mol. The van der Waals surface area contributed by atoms with E-state index in [1.54, 1.807) is 14.2 Å². The van der Waals surface area contributed by atoms with Gasteiger partial charge in [0.05, 0.1) is 20.3 Å². The topological polar surface area (TPSA) is 48.0 Å². The van der Waals surface area contributed by atoms with E-state index in [1.807, 2.05) is 60.4 Å². The molecule has 3 aromatic carbocycles. The minimum Gasteiger partial charge on any atom is -0.493 e. The van der Waals surface area contributed by atoms with Crippen LogP contribution in [-0.2, 0) is 6.42 Å². The molecule has 4 rings (SSSR count). The molecule has 0 aromatic heterocycles. The van der Waals surface area contributed by atoms with Gasteiger partial charge in [-0.3, -0.25) is 4.79 Å². The van der Waals surface area contributed by atoms with Gasteiger partial charge in [0.25, 0.3) is 5.91 Å². The summed E-state index contributed by atoms with van der Waals surface area (Å²) in [4.78, 5) is 15.5. The molecule has 3 aromatic rings. The molecule has 0 saturated carbocycles. The maximum atomic E-state index is 13.6. The highest BCUT2D eigenvalue weighted by Crippen LogP contribution is 2.39. The van der Waals surface area contributed by atoms with Crippen molar-refractivity contribution in [2.45, 2.75) is 33.2 Å². The van der Waals surface area contributed by atoms with Crippen LogP contribution in [0.1, 0.15) is 44.2 Å². The molecular weight excluding hydrogens is 414 g/mol. The Morgan fingerprint density at radius 2 is 1.61 bits per heavy atom. The molecule has 1 heterocycles. The van der Waals surface area contributed by atoms with E-state index in [9.17, 15) is 4.79 Å². The molecule has 0 spiro atoms. The molecule has 5 nitrogen and oxygen atoms in total. The summed E-state index contributed by atoms with van der Waals surface area (Å²) in [6, 6.07) is 17.7. The summed E-state index contributed by atoms with van der Waals surface area (Å²) in [6.45, 7) is 7.07. The Bertz CT molecular complexity index is 1150. The highest BCUT2D eigenvalue weighted by molar-refractivity contribution is 5.95. The van der Waals surface area contributed by atoms with Crippen molar-refractivity contribution in [2.24, 2.45) is 0 Å². The summed E-state index contributed by atoms with van der Waals surface area (Å²) in [7, 11) is 3.27. The van der Waals surface area contributed by atoms with Crippen LogP contribution in [0.2, 0.25) is 0 Å². The van der Waals surface area contributed by atoms with Crippen molar-refractivity contribution in [1.29, 1.82) is 0 Å². The minimum absolute atomic E-state index is 0.00755. The molecule has 0 fully saturated rings. The number of hydrogen-bond acceptors (Lipinski definition) is 4. The number of nitrogens with zero attached hydrogens (tertiary/aromatic N) is 1. The lowest BCUT2D eigenvalue weighted by Crippen LogP contribution is -2.42. The van der Waals surface area contributed by atoms with Crippen LogP contribution in [0, 0.1) is 20.8 Å². The van der Waals surface area contributed by atoms with Crippen molar-refractivity contribution in [3.8, 4) is 17.2 Å². The molecule has 1 amide bonds. The van der Waals surface area contributed by atoms with E-state index in [1.165, 1.54) is 0 Å². The van der Waals surface area contributed by atoms with Crippen molar-refractivity contribution >= 4 is 5.91 Å². The molecule has 33 heavy (non-hydrogen) atoms. The standard InChI is InChI=1S/C28H31NO4/c1-18-7-6-8-22(12-18)28(30)29-10-9-21-15-26(31-4)27(32-5)16-24(21)25(29)17-33-23-13-19(2)11-20(3)14-23/h6-8,11-16,25H,9-10,17H2,1-5H3. The highest BCUT2D eigenvalue weighted by atomic mass is 16.5. The van der Waals surface area contributed by atoms with Gasteiger partial charge in [-0.05, 0) is 85.8 Å². The summed E-state index contributed by atoms with van der Waals surface area (Å²) < 4.78 is 17.4. The van der Waals surface area contributed by atoms with Crippen LogP contribution < -0.4 is 14.2 Å². The highest BCUT2D eigenvalue weighted by Gasteiger charge is 2.33. The first kappa shape index (κ1) is 22.7. The second-order valence-electron chi connectivity index (χ2n) is 8.67. The molecule has 0 radical (unpaired) electrons.